The standard InChI is InChI=1S/C17H27BrN2/c1-12(2)9-13(3)20(4)17-10-15(18)6-5-14(17)11-19-16-7-8-16/h5-6,10,12-13,16,19H,7-9,11H2,1-4H3. The van der Waals surface area contributed by atoms with Crippen LogP contribution in [0.15, 0.2) is 22.7 Å². The second-order valence-electron chi connectivity index (χ2n) is 6.52. The minimum absolute atomic E-state index is 0.559. The smallest absolute Gasteiger partial charge is 0.0422 e. The van der Waals surface area contributed by atoms with E-state index in [0.717, 1.165) is 23.0 Å². The molecule has 1 aliphatic carbocycles. The van der Waals surface area contributed by atoms with E-state index in [-0.39, 0.29) is 0 Å². The molecule has 0 spiro atoms. The van der Waals surface area contributed by atoms with E-state index in [1.165, 1.54) is 30.5 Å². The summed E-state index contributed by atoms with van der Waals surface area (Å²) in [6, 6.07) is 7.96. The van der Waals surface area contributed by atoms with Crippen LogP contribution in [0.1, 0.15) is 45.6 Å². The highest BCUT2D eigenvalue weighted by molar-refractivity contribution is 9.10. The number of benzene rings is 1. The second-order valence-corrected chi connectivity index (χ2v) is 7.43. The van der Waals surface area contributed by atoms with Gasteiger partial charge in [0.2, 0.25) is 0 Å². The van der Waals surface area contributed by atoms with Crippen LogP contribution in [0.2, 0.25) is 0 Å². The Morgan fingerprint density at radius 1 is 1.30 bits per heavy atom. The number of hydrogen-bond acceptors (Lipinski definition) is 2. The van der Waals surface area contributed by atoms with Gasteiger partial charge in [-0.1, -0.05) is 35.8 Å². The third-order valence-corrected chi connectivity index (χ3v) is 4.55. The largest absolute Gasteiger partial charge is 0.372 e. The van der Waals surface area contributed by atoms with Crippen LogP contribution in [-0.2, 0) is 6.54 Å². The van der Waals surface area contributed by atoms with Crippen LogP contribution < -0.4 is 10.2 Å². The zero-order valence-corrected chi connectivity index (χ0v) is 14.7. The minimum atomic E-state index is 0.559. The summed E-state index contributed by atoms with van der Waals surface area (Å²) in [4.78, 5) is 2.43. The van der Waals surface area contributed by atoms with Crippen LogP contribution in [0.5, 0.6) is 0 Å². The first-order valence-electron chi connectivity index (χ1n) is 7.72. The van der Waals surface area contributed by atoms with Gasteiger partial charge in [-0.25, -0.2) is 0 Å². The summed E-state index contributed by atoms with van der Waals surface area (Å²) in [5, 5.41) is 3.63. The molecule has 2 nitrogen and oxygen atoms in total. The predicted molar refractivity (Wildman–Crippen MR) is 91.3 cm³/mol. The van der Waals surface area contributed by atoms with Gasteiger partial charge >= 0.3 is 0 Å². The second kappa shape index (κ2) is 6.95. The molecule has 1 aromatic carbocycles. The first kappa shape index (κ1) is 15.8. The maximum absolute atomic E-state index is 3.63. The van der Waals surface area contributed by atoms with Gasteiger partial charge in [-0.15, -0.1) is 0 Å². The molecule has 20 heavy (non-hydrogen) atoms. The van der Waals surface area contributed by atoms with Crippen molar-refractivity contribution in [2.45, 2.75) is 58.7 Å². The van der Waals surface area contributed by atoms with Crippen molar-refractivity contribution in [1.82, 2.24) is 5.32 Å². The molecule has 3 heteroatoms. The van der Waals surface area contributed by atoms with Gasteiger partial charge in [-0.05, 0) is 49.8 Å². The summed E-state index contributed by atoms with van der Waals surface area (Å²) >= 11 is 3.61. The molecule has 1 aliphatic rings. The Bertz CT molecular complexity index is 441. The molecule has 1 saturated carbocycles. The van der Waals surface area contributed by atoms with Crippen molar-refractivity contribution in [1.29, 1.82) is 0 Å². The molecule has 0 amide bonds. The van der Waals surface area contributed by atoms with E-state index < -0.39 is 0 Å². The first-order chi connectivity index (χ1) is 9.47. The van der Waals surface area contributed by atoms with Crippen molar-refractivity contribution in [2.75, 3.05) is 11.9 Å². The highest BCUT2D eigenvalue weighted by Crippen LogP contribution is 2.28. The quantitative estimate of drug-likeness (QED) is 0.783. The maximum Gasteiger partial charge on any atom is 0.0422 e. The third kappa shape index (κ3) is 4.49. The monoisotopic (exact) mass is 338 g/mol. The normalized spacial score (nSPS) is 16.5. The topological polar surface area (TPSA) is 15.3 Å². The van der Waals surface area contributed by atoms with E-state index >= 15 is 0 Å². The Kier molecular flexibility index (Phi) is 5.50. The molecule has 1 fully saturated rings. The maximum atomic E-state index is 3.63. The molecule has 0 saturated heterocycles. The van der Waals surface area contributed by atoms with Gasteiger partial charge in [-0.3, -0.25) is 0 Å². The molecule has 0 bridgehead atoms. The summed E-state index contributed by atoms with van der Waals surface area (Å²) in [6.07, 6.45) is 3.90. The fourth-order valence-electron chi connectivity index (χ4n) is 2.63. The Morgan fingerprint density at radius 3 is 2.60 bits per heavy atom. The van der Waals surface area contributed by atoms with Gasteiger partial charge in [0.15, 0.2) is 0 Å². The lowest BCUT2D eigenvalue weighted by atomic mass is 10.0. The SMILES string of the molecule is CC(C)CC(C)N(C)c1cc(Br)ccc1CNC1CC1. The van der Waals surface area contributed by atoms with Gasteiger partial charge in [0.05, 0.1) is 0 Å². The van der Waals surface area contributed by atoms with Crippen LogP contribution in [0.25, 0.3) is 0 Å². The number of rotatable bonds is 7. The molecular formula is C17H27BrN2. The molecule has 1 atom stereocenters. The molecule has 1 unspecified atom stereocenters. The zero-order chi connectivity index (χ0) is 14.7. The number of nitrogens with zero attached hydrogens (tertiary/aromatic N) is 1. The Labute approximate surface area is 132 Å². The highest BCUT2D eigenvalue weighted by atomic mass is 79.9. The van der Waals surface area contributed by atoms with E-state index in [1.54, 1.807) is 0 Å². The molecule has 0 radical (unpaired) electrons. The van der Waals surface area contributed by atoms with E-state index in [4.69, 9.17) is 0 Å². The lowest BCUT2D eigenvalue weighted by Gasteiger charge is -2.30. The fraction of sp³-hybridized carbons (Fsp3) is 0.647. The molecule has 1 N–H and O–H groups in total. The molecule has 1 aromatic rings. The Balaban J connectivity index is 2.11. The van der Waals surface area contributed by atoms with Crippen LogP contribution in [0.3, 0.4) is 0 Å². The van der Waals surface area contributed by atoms with Gasteiger partial charge in [0.1, 0.15) is 0 Å². The molecule has 112 valence electrons. The first-order valence-corrected chi connectivity index (χ1v) is 8.51. The lowest BCUT2D eigenvalue weighted by molar-refractivity contribution is 0.503. The molecule has 0 heterocycles. The van der Waals surface area contributed by atoms with Crippen LogP contribution in [0, 0.1) is 5.92 Å². The van der Waals surface area contributed by atoms with Gasteiger partial charge < -0.3 is 10.2 Å². The van der Waals surface area contributed by atoms with Crippen LogP contribution >= 0.6 is 15.9 Å². The van der Waals surface area contributed by atoms with Gasteiger partial charge in [0, 0.05) is 35.8 Å². The summed E-state index contributed by atoms with van der Waals surface area (Å²) in [5.41, 5.74) is 2.75. The predicted octanol–water partition coefficient (Wildman–Crippen LogP) is 4.57. The molecule has 0 aliphatic heterocycles. The average Bonchev–Trinajstić information content (AvgIpc) is 3.19. The number of nitrogens with one attached hydrogen (secondary N) is 1. The molecular weight excluding hydrogens is 312 g/mol. The fourth-order valence-corrected chi connectivity index (χ4v) is 2.98. The van der Waals surface area contributed by atoms with Crippen LogP contribution in [-0.4, -0.2) is 19.1 Å². The lowest BCUT2D eigenvalue weighted by Crippen LogP contribution is -2.31. The van der Waals surface area contributed by atoms with Crippen molar-refractivity contribution in [3.05, 3.63) is 28.2 Å². The number of hydrogen-bond donors (Lipinski definition) is 1. The zero-order valence-electron chi connectivity index (χ0n) is 13.1. The summed E-state index contributed by atoms with van der Waals surface area (Å²) < 4.78 is 1.16. The van der Waals surface area contributed by atoms with Gasteiger partial charge in [-0.2, -0.15) is 0 Å². The summed E-state index contributed by atoms with van der Waals surface area (Å²) in [5.74, 6) is 0.729. The van der Waals surface area contributed by atoms with E-state index in [2.05, 4.69) is 72.2 Å². The molecule has 2 rings (SSSR count). The van der Waals surface area contributed by atoms with Crippen molar-refractivity contribution < 1.29 is 0 Å². The van der Waals surface area contributed by atoms with Crippen molar-refractivity contribution >= 4 is 21.6 Å². The Morgan fingerprint density at radius 2 is 2.00 bits per heavy atom. The minimum Gasteiger partial charge on any atom is -0.372 e. The number of halogens is 1. The highest BCUT2D eigenvalue weighted by Gasteiger charge is 2.21. The van der Waals surface area contributed by atoms with Gasteiger partial charge in [0.25, 0.3) is 0 Å². The van der Waals surface area contributed by atoms with E-state index in [1.807, 2.05) is 0 Å². The van der Waals surface area contributed by atoms with Crippen molar-refractivity contribution in [3.63, 3.8) is 0 Å². The van der Waals surface area contributed by atoms with Crippen molar-refractivity contribution in [2.24, 2.45) is 5.92 Å². The van der Waals surface area contributed by atoms with Crippen molar-refractivity contribution in [3.8, 4) is 0 Å². The molecule has 0 aromatic heterocycles. The Hall–Kier alpha value is -0.540. The van der Waals surface area contributed by atoms with Crippen LogP contribution in [0.4, 0.5) is 5.69 Å². The average molecular weight is 339 g/mol. The summed E-state index contributed by atoms with van der Waals surface area (Å²) in [6.45, 7) is 7.88. The third-order valence-electron chi connectivity index (χ3n) is 4.06. The number of anilines is 1. The van der Waals surface area contributed by atoms with E-state index in [9.17, 15) is 0 Å². The van der Waals surface area contributed by atoms with E-state index in [0.29, 0.717) is 6.04 Å². The summed E-state index contributed by atoms with van der Waals surface area (Å²) in [7, 11) is 2.22.